The third-order valence-electron chi connectivity index (χ3n) is 2.42. The van der Waals surface area contributed by atoms with Gasteiger partial charge in [-0.05, 0) is 25.0 Å². The van der Waals surface area contributed by atoms with Crippen molar-refractivity contribution in [2.45, 2.75) is 18.9 Å². The van der Waals surface area contributed by atoms with Crippen molar-refractivity contribution in [1.82, 2.24) is 0 Å². The fourth-order valence-electron chi connectivity index (χ4n) is 1.48. The summed E-state index contributed by atoms with van der Waals surface area (Å²) in [6, 6.07) is 1.33. The Labute approximate surface area is 110 Å². The van der Waals surface area contributed by atoms with Gasteiger partial charge in [0.1, 0.15) is 0 Å². The van der Waals surface area contributed by atoms with Crippen LogP contribution >= 0.6 is 12.4 Å². The third kappa shape index (κ3) is 3.72. The van der Waals surface area contributed by atoms with Gasteiger partial charge >= 0.3 is 5.97 Å². The maximum atomic E-state index is 13.3. The van der Waals surface area contributed by atoms with Crippen LogP contribution in [-0.4, -0.2) is 16.2 Å². The molecular formula is C12H15ClFNO3. The van der Waals surface area contributed by atoms with Crippen molar-refractivity contribution in [3.8, 4) is 5.75 Å². The molecule has 1 atom stereocenters. The summed E-state index contributed by atoms with van der Waals surface area (Å²) in [6.45, 7) is 3.53. The van der Waals surface area contributed by atoms with Crippen molar-refractivity contribution < 1.29 is 19.4 Å². The number of carboxylic acid groups (broad SMARTS) is 1. The van der Waals surface area contributed by atoms with Crippen molar-refractivity contribution >= 4 is 18.4 Å². The average molecular weight is 276 g/mol. The van der Waals surface area contributed by atoms with E-state index in [2.05, 4.69) is 6.58 Å². The lowest BCUT2D eigenvalue weighted by Crippen LogP contribution is -2.12. The van der Waals surface area contributed by atoms with Crippen LogP contribution in [0.15, 0.2) is 24.8 Å². The topological polar surface area (TPSA) is 83.6 Å². The van der Waals surface area contributed by atoms with Crippen LogP contribution in [0.2, 0.25) is 0 Å². The van der Waals surface area contributed by atoms with Crippen LogP contribution in [0.4, 0.5) is 4.39 Å². The Morgan fingerprint density at radius 1 is 1.56 bits per heavy atom. The molecule has 6 heteroatoms. The number of halogens is 2. The minimum Gasteiger partial charge on any atom is -0.505 e. The van der Waals surface area contributed by atoms with Gasteiger partial charge in [-0.25, -0.2) is 9.18 Å². The number of allylic oxidation sites excluding steroid dienone is 1. The lowest BCUT2D eigenvalue weighted by molar-refractivity contribution is 0.0696. The monoisotopic (exact) mass is 275 g/mol. The molecule has 1 rings (SSSR count). The van der Waals surface area contributed by atoms with Crippen LogP contribution in [0.5, 0.6) is 5.75 Å². The van der Waals surface area contributed by atoms with E-state index in [1.807, 2.05) is 0 Å². The van der Waals surface area contributed by atoms with Gasteiger partial charge in [0.2, 0.25) is 0 Å². The lowest BCUT2D eigenvalue weighted by atomic mass is 9.99. The smallest absolute Gasteiger partial charge is 0.335 e. The van der Waals surface area contributed by atoms with E-state index in [-0.39, 0.29) is 23.5 Å². The molecule has 18 heavy (non-hydrogen) atoms. The maximum absolute atomic E-state index is 13.3. The summed E-state index contributed by atoms with van der Waals surface area (Å²) >= 11 is 0. The van der Waals surface area contributed by atoms with Crippen LogP contribution in [-0.2, 0) is 0 Å². The van der Waals surface area contributed by atoms with E-state index in [1.165, 1.54) is 6.07 Å². The number of aromatic hydroxyl groups is 1. The van der Waals surface area contributed by atoms with Crippen LogP contribution in [0.3, 0.4) is 0 Å². The molecular weight excluding hydrogens is 261 g/mol. The highest BCUT2D eigenvalue weighted by molar-refractivity contribution is 5.88. The minimum absolute atomic E-state index is 0. The van der Waals surface area contributed by atoms with Crippen LogP contribution in [0, 0.1) is 5.82 Å². The standard InChI is InChI=1S/C12H14FNO3.ClH/c1-2-3-4-10(14)8-5-7(12(16)17)6-9(13)11(8)15;/h2,5-6,10,15H,1,3-4,14H2,(H,16,17);1H/t10-;/m0./s1. The molecule has 4 N–H and O–H groups in total. The Hall–Kier alpha value is -1.59. The molecule has 0 fully saturated rings. The number of rotatable bonds is 5. The fourth-order valence-corrected chi connectivity index (χ4v) is 1.48. The molecule has 0 saturated carbocycles. The number of aromatic carboxylic acids is 1. The molecule has 0 aliphatic heterocycles. The zero-order valence-corrected chi connectivity index (χ0v) is 10.4. The Morgan fingerprint density at radius 3 is 2.67 bits per heavy atom. The number of nitrogens with two attached hydrogens (primary N) is 1. The summed E-state index contributed by atoms with van der Waals surface area (Å²) in [5.74, 6) is -2.83. The molecule has 0 amide bonds. The second kappa shape index (κ2) is 6.98. The summed E-state index contributed by atoms with van der Waals surface area (Å²) in [7, 11) is 0. The molecule has 1 aromatic carbocycles. The molecule has 0 aromatic heterocycles. The molecule has 0 saturated heterocycles. The van der Waals surface area contributed by atoms with Gasteiger partial charge in [0.25, 0.3) is 0 Å². The van der Waals surface area contributed by atoms with Crippen molar-refractivity contribution in [1.29, 1.82) is 0 Å². The SMILES string of the molecule is C=CCC[C@H](N)c1cc(C(=O)O)cc(F)c1O.Cl. The van der Waals surface area contributed by atoms with Gasteiger partial charge in [-0.15, -0.1) is 19.0 Å². The number of phenolic OH excluding ortho intramolecular Hbond substituents is 1. The van der Waals surface area contributed by atoms with Crippen molar-refractivity contribution in [3.05, 3.63) is 41.7 Å². The molecule has 0 aliphatic carbocycles. The summed E-state index contributed by atoms with van der Waals surface area (Å²) in [5.41, 5.74) is 5.62. The van der Waals surface area contributed by atoms with E-state index in [0.717, 1.165) is 6.07 Å². The largest absolute Gasteiger partial charge is 0.505 e. The molecule has 4 nitrogen and oxygen atoms in total. The zero-order valence-electron chi connectivity index (χ0n) is 9.60. The lowest BCUT2D eigenvalue weighted by Gasteiger charge is -2.14. The number of phenols is 1. The first kappa shape index (κ1) is 16.4. The Balaban J connectivity index is 0.00000289. The number of carbonyl (C=O) groups is 1. The molecule has 100 valence electrons. The molecule has 0 heterocycles. The van der Waals surface area contributed by atoms with Crippen molar-refractivity contribution in [3.63, 3.8) is 0 Å². The first-order valence-electron chi connectivity index (χ1n) is 5.09. The second-order valence-electron chi connectivity index (χ2n) is 3.67. The van der Waals surface area contributed by atoms with Gasteiger partial charge in [-0.1, -0.05) is 6.08 Å². The molecule has 0 unspecified atom stereocenters. The number of benzene rings is 1. The van der Waals surface area contributed by atoms with E-state index in [9.17, 15) is 14.3 Å². The predicted molar refractivity (Wildman–Crippen MR) is 68.6 cm³/mol. The van der Waals surface area contributed by atoms with Gasteiger partial charge in [0, 0.05) is 11.6 Å². The molecule has 1 aromatic rings. The predicted octanol–water partition coefficient (Wildman–Crippen LogP) is 2.62. The Morgan fingerprint density at radius 2 is 2.17 bits per heavy atom. The quantitative estimate of drug-likeness (QED) is 0.721. The van der Waals surface area contributed by atoms with E-state index < -0.39 is 23.6 Å². The van der Waals surface area contributed by atoms with Crippen LogP contribution in [0.25, 0.3) is 0 Å². The number of hydrogen-bond donors (Lipinski definition) is 3. The molecule has 0 bridgehead atoms. The van der Waals surface area contributed by atoms with Crippen LogP contribution in [0.1, 0.15) is 34.8 Å². The van der Waals surface area contributed by atoms with E-state index in [1.54, 1.807) is 6.08 Å². The second-order valence-corrected chi connectivity index (χ2v) is 3.67. The van der Waals surface area contributed by atoms with E-state index in [0.29, 0.717) is 12.8 Å². The Kier molecular flexibility index (Phi) is 6.36. The van der Waals surface area contributed by atoms with Gasteiger partial charge < -0.3 is 15.9 Å². The third-order valence-corrected chi connectivity index (χ3v) is 2.42. The first-order chi connectivity index (χ1) is 7.97. The van der Waals surface area contributed by atoms with Gasteiger partial charge in [-0.2, -0.15) is 0 Å². The van der Waals surface area contributed by atoms with Crippen molar-refractivity contribution in [2.24, 2.45) is 5.73 Å². The highest BCUT2D eigenvalue weighted by Crippen LogP contribution is 2.29. The normalized spacial score (nSPS) is 11.4. The van der Waals surface area contributed by atoms with E-state index in [4.69, 9.17) is 10.8 Å². The molecule has 0 spiro atoms. The van der Waals surface area contributed by atoms with Crippen molar-refractivity contribution in [2.75, 3.05) is 0 Å². The van der Waals surface area contributed by atoms with E-state index >= 15 is 0 Å². The summed E-state index contributed by atoms with van der Waals surface area (Å²) < 4.78 is 13.3. The van der Waals surface area contributed by atoms with Crippen LogP contribution < -0.4 is 5.73 Å². The summed E-state index contributed by atoms with van der Waals surface area (Å²) in [6.07, 6.45) is 2.70. The molecule has 0 aliphatic rings. The highest BCUT2D eigenvalue weighted by atomic mass is 35.5. The van der Waals surface area contributed by atoms with Gasteiger partial charge in [0.05, 0.1) is 5.56 Å². The number of hydrogen-bond acceptors (Lipinski definition) is 3. The van der Waals surface area contributed by atoms with Gasteiger partial charge in [-0.3, -0.25) is 0 Å². The maximum Gasteiger partial charge on any atom is 0.335 e. The zero-order chi connectivity index (χ0) is 13.0. The average Bonchev–Trinajstić information content (AvgIpc) is 2.29. The highest BCUT2D eigenvalue weighted by Gasteiger charge is 2.17. The summed E-state index contributed by atoms with van der Waals surface area (Å²) in [4.78, 5) is 10.7. The molecule has 0 radical (unpaired) electrons. The number of carboxylic acids is 1. The van der Waals surface area contributed by atoms with Gasteiger partial charge in [0.15, 0.2) is 11.6 Å². The first-order valence-corrected chi connectivity index (χ1v) is 5.09. The Bertz CT molecular complexity index is 451. The minimum atomic E-state index is -1.26. The summed E-state index contributed by atoms with van der Waals surface area (Å²) in [5, 5.41) is 18.3. The fraction of sp³-hybridized carbons (Fsp3) is 0.250.